The topological polar surface area (TPSA) is 85.2 Å². The molecule has 0 spiro atoms. The Hall–Kier alpha value is -2.67. The molecule has 0 saturated carbocycles. The van der Waals surface area contributed by atoms with Gasteiger partial charge in [-0.2, -0.15) is 10.6 Å². The van der Waals surface area contributed by atoms with Gasteiger partial charge in [-0.1, -0.05) is 29.2 Å². The molecule has 7 heteroatoms. The second-order valence-electron chi connectivity index (χ2n) is 4.73. The van der Waals surface area contributed by atoms with Crippen LogP contribution in [0, 0.1) is 4.78 Å². The van der Waals surface area contributed by atoms with Crippen LogP contribution in [0.1, 0.15) is 5.56 Å². The zero-order chi connectivity index (χ0) is 16.2. The van der Waals surface area contributed by atoms with E-state index >= 15 is 0 Å². The van der Waals surface area contributed by atoms with Crippen molar-refractivity contribution in [3.05, 3.63) is 54.4 Å². The summed E-state index contributed by atoms with van der Waals surface area (Å²) in [6, 6.07) is 10.6. The summed E-state index contributed by atoms with van der Waals surface area (Å²) in [4.78, 5) is 8.85. The molecule has 0 amide bonds. The Kier molecular flexibility index (Phi) is 4.38. The molecule has 0 aliphatic rings. The van der Waals surface area contributed by atoms with E-state index in [1.54, 1.807) is 43.8 Å². The maximum atomic E-state index is 11.2. The summed E-state index contributed by atoms with van der Waals surface area (Å²) in [5.74, 6) is 1.10. The third-order valence-corrected chi connectivity index (χ3v) is 3.97. The molecule has 1 N–H and O–H groups in total. The van der Waals surface area contributed by atoms with Crippen LogP contribution in [-0.2, 0) is 21.4 Å². The zero-order valence-electron chi connectivity index (χ0n) is 12.4. The molecular formula is C16H14N3O3S-. The van der Waals surface area contributed by atoms with Crippen molar-refractivity contribution in [2.24, 2.45) is 0 Å². The number of fused-ring (bicyclic) bond motifs is 1. The molecule has 23 heavy (non-hydrogen) atoms. The predicted octanol–water partition coefficient (Wildman–Crippen LogP) is 3.30. The highest BCUT2D eigenvalue weighted by atomic mass is 32.2. The van der Waals surface area contributed by atoms with E-state index in [1.165, 1.54) is 0 Å². The van der Waals surface area contributed by atoms with Crippen LogP contribution in [0.25, 0.3) is 10.9 Å². The molecule has 3 rings (SSSR count). The van der Waals surface area contributed by atoms with Gasteiger partial charge in [0.25, 0.3) is 0 Å². The minimum Gasteiger partial charge on any atom is -0.488 e. The first-order valence-electron chi connectivity index (χ1n) is 6.81. The third-order valence-electron chi connectivity index (χ3n) is 3.29. The van der Waals surface area contributed by atoms with Crippen molar-refractivity contribution in [2.45, 2.75) is 11.5 Å². The summed E-state index contributed by atoms with van der Waals surface area (Å²) in [6.07, 6.45) is 3.27. The molecule has 1 aromatic carbocycles. The number of methoxy groups -OCH3 is 1. The number of pyridine rings is 2. The summed E-state index contributed by atoms with van der Waals surface area (Å²) in [7, 11) is -0.209. The van der Waals surface area contributed by atoms with E-state index in [4.69, 9.17) is 14.3 Å². The minimum atomic E-state index is -1.75. The molecule has 0 fully saturated rings. The first kappa shape index (κ1) is 15.2. The monoisotopic (exact) mass is 328 g/mol. The van der Waals surface area contributed by atoms with Gasteiger partial charge >= 0.3 is 0 Å². The highest BCUT2D eigenvalue weighted by Gasteiger charge is 2.08. The van der Waals surface area contributed by atoms with E-state index in [2.05, 4.69) is 9.97 Å². The van der Waals surface area contributed by atoms with E-state index in [0.717, 1.165) is 10.9 Å². The summed E-state index contributed by atoms with van der Waals surface area (Å²) >= 11 is 0. The van der Waals surface area contributed by atoms with Gasteiger partial charge in [-0.15, -0.1) is 0 Å². The molecule has 3 aromatic rings. The number of nitrogens with one attached hydrogen (secondary N) is 1. The van der Waals surface area contributed by atoms with Gasteiger partial charge in [0.15, 0.2) is 0 Å². The number of ether oxygens (including phenoxy) is 2. The lowest BCUT2D eigenvalue weighted by molar-refractivity contribution is 0.309. The van der Waals surface area contributed by atoms with Gasteiger partial charge in [-0.05, 0) is 17.7 Å². The van der Waals surface area contributed by atoms with Crippen molar-refractivity contribution in [1.82, 2.24) is 9.97 Å². The Morgan fingerprint density at radius 1 is 1.17 bits per heavy atom. The lowest BCUT2D eigenvalue weighted by Gasteiger charge is -2.11. The van der Waals surface area contributed by atoms with Gasteiger partial charge < -0.3 is 18.5 Å². The summed E-state index contributed by atoms with van der Waals surface area (Å²) in [5, 5.41) is 0.805. The molecule has 2 aromatic heterocycles. The van der Waals surface area contributed by atoms with Gasteiger partial charge in [0.05, 0.1) is 7.11 Å². The van der Waals surface area contributed by atoms with E-state index < -0.39 is 10.6 Å². The lowest BCUT2D eigenvalue weighted by atomic mass is 10.2. The highest BCUT2D eigenvalue weighted by molar-refractivity contribution is 7.73. The first-order valence-corrected chi connectivity index (χ1v) is 7.96. The summed E-state index contributed by atoms with van der Waals surface area (Å²) in [6.45, 7) is 0.300. The van der Waals surface area contributed by atoms with Crippen molar-refractivity contribution in [2.75, 3.05) is 7.11 Å². The minimum absolute atomic E-state index is 0.300. The zero-order valence-corrected chi connectivity index (χ0v) is 13.2. The standard InChI is InChI=1S/C16H14N3O3S/c1-21-16-15-13(5-7-19-16)14(6-8-18-15)22-10-11-3-2-4-12(9-11)23(17)20/h2-9,17H,10H2,1H3/q-1. The van der Waals surface area contributed by atoms with E-state index in [0.29, 0.717) is 28.6 Å². The molecule has 2 heterocycles. The molecule has 6 nitrogen and oxygen atoms in total. The smallest absolute Gasteiger partial charge is 0.240 e. The molecular weight excluding hydrogens is 314 g/mol. The quantitative estimate of drug-likeness (QED) is 0.726. The number of rotatable bonds is 5. The molecule has 0 unspecified atom stereocenters. The molecule has 118 valence electrons. The Morgan fingerprint density at radius 3 is 2.78 bits per heavy atom. The number of hydrogen-bond donors (Lipinski definition) is 1. The molecule has 0 saturated heterocycles. The summed E-state index contributed by atoms with van der Waals surface area (Å²) < 4.78 is 29.6. The number of benzene rings is 1. The summed E-state index contributed by atoms with van der Waals surface area (Å²) in [5.41, 5.74) is 1.47. The second-order valence-corrected chi connectivity index (χ2v) is 5.74. The van der Waals surface area contributed by atoms with Gasteiger partial charge in [0.2, 0.25) is 5.88 Å². The Morgan fingerprint density at radius 2 is 2.00 bits per heavy atom. The van der Waals surface area contributed by atoms with Gasteiger partial charge in [-0.25, -0.2) is 4.98 Å². The van der Waals surface area contributed by atoms with E-state index in [9.17, 15) is 4.21 Å². The Bertz CT molecular complexity index is 917. The maximum Gasteiger partial charge on any atom is 0.240 e. The number of aromatic nitrogens is 2. The third kappa shape index (κ3) is 3.24. The Labute approximate surface area is 135 Å². The van der Waals surface area contributed by atoms with Gasteiger partial charge in [-0.3, -0.25) is 4.98 Å². The average Bonchev–Trinajstić information content (AvgIpc) is 2.59. The fourth-order valence-corrected chi connectivity index (χ4v) is 2.68. The van der Waals surface area contributed by atoms with Crippen LogP contribution in [-0.4, -0.2) is 17.1 Å². The maximum absolute atomic E-state index is 11.2. The van der Waals surface area contributed by atoms with Crippen molar-refractivity contribution < 1.29 is 13.7 Å². The van der Waals surface area contributed by atoms with Gasteiger partial charge in [0, 0.05) is 17.8 Å². The molecule has 0 aliphatic heterocycles. The van der Waals surface area contributed by atoms with Crippen LogP contribution >= 0.6 is 0 Å². The molecule has 0 aliphatic carbocycles. The Balaban J connectivity index is 1.89. The van der Waals surface area contributed by atoms with Crippen molar-refractivity contribution in [1.29, 1.82) is 4.78 Å². The fraction of sp³-hybridized carbons (Fsp3) is 0.125. The fourth-order valence-electron chi connectivity index (χ4n) is 2.21. The van der Waals surface area contributed by atoms with Crippen LogP contribution in [0.3, 0.4) is 0 Å². The van der Waals surface area contributed by atoms with Crippen LogP contribution in [0.5, 0.6) is 11.6 Å². The van der Waals surface area contributed by atoms with Crippen LogP contribution < -0.4 is 9.47 Å². The molecule has 0 radical (unpaired) electrons. The first-order chi connectivity index (χ1) is 11.2. The number of nitrogens with zero attached hydrogens (tertiary/aromatic N) is 2. The van der Waals surface area contributed by atoms with Crippen LogP contribution in [0.15, 0.2) is 53.7 Å². The van der Waals surface area contributed by atoms with Crippen molar-refractivity contribution >= 4 is 21.5 Å². The van der Waals surface area contributed by atoms with Crippen molar-refractivity contribution in [3.8, 4) is 11.6 Å². The average molecular weight is 328 g/mol. The highest BCUT2D eigenvalue weighted by Crippen LogP contribution is 2.28. The second kappa shape index (κ2) is 6.62. The van der Waals surface area contributed by atoms with E-state index in [1.807, 2.05) is 12.1 Å². The molecule has 0 bridgehead atoms. The SMILES string of the molecule is COc1nccc2c(OCc3cccc([S-](=N)=O)c3)ccnc12. The van der Waals surface area contributed by atoms with Crippen molar-refractivity contribution in [3.63, 3.8) is 0 Å². The normalized spacial score (nSPS) is 10.9. The molecule has 0 atom stereocenters. The van der Waals surface area contributed by atoms with Crippen LogP contribution in [0.4, 0.5) is 0 Å². The van der Waals surface area contributed by atoms with Crippen LogP contribution in [0.2, 0.25) is 0 Å². The van der Waals surface area contributed by atoms with E-state index in [-0.39, 0.29) is 0 Å². The predicted molar refractivity (Wildman–Crippen MR) is 85.9 cm³/mol. The van der Waals surface area contributed by atoms with Gasteiger partial charge in [0.1, 0.15) is 17.9 Å². The largest absolute Gasteiger partial charge is 0.488 e. The number of hydrogen-bond acceptors (Lipinski definition) is 7. The lowest BCUT2D eigenvalue weighted by Crippen LogP contribution is -1.98.